The molecule has 1 aliphatic carbocycles. The molecule has 0 radical (unpaired) electrons. The van der Waals surface area contributed by atoms with Gasteiger partial charge in [0.25, 0.3) is 5.56 Å². The second-order valence-electron chi connectivity index (χ2n) is 7.36. The number of rotatable bonds is 2. The molecule has 0 spiro atoms. The number of fused-ring (bicyclic) bond motifs is 3. The van der Waals surface area contributed by atoms with E-state index < -0.39 is 0 Å². The van der Waals surface area contributed by atoms with Crippen LogP contribution in [0.3, 0.4) is 0 Å². The Morgan fingerprint density at radius 2 is 1.87 bits per heavy atom. The molecule has 0 amide bonds. The van der Waals surface area contributed by atoms with Crippen LogP contribution < -0.4 is 10.9 Å². The summed E-state index contributed by atoms with van der Waals surface area (Å²) in [6, 6.07) is 8.19. The molecule has 30 heavy (non-hydrogen) atoms. The van der Waals surface area contributed by atoms with Crippen LogP contribution in [0.2, 0.25) is 0 Å². The normalized spacial score (nSPS) is 19.8. The molecule has 3 aromatic heterocycles. The highest BCUT2D eigenvalue weighted by Gasteiger charge is 2.31. The number of nitrogens with zero attached hydrogens (tertiary/aromatic N) is 2. The summed E-state index contributed by atoms with van der Waals surface area (Å²) in [7, 11) is 0. The Hall–Kier alpha value is -3.78. The fraction of sp³-hybridized carbons (Fsp3) is 0.0909. The number of hydrogen-bond donors (Lipinski definition) is 4. The molecule has 7 nitrogen and oxygen atoms in total. The first-order chi connectivity index (χ1) is 14.7. The maximum atomic E-state index is 12.5. The summed E-state index contributed by atoms with van der Waals surface area (Å²) in [5.74, 6) is 0.135. The van der Waals surface area contributed by atoms with Crippen molar-refractivity contribution in [2.75, 3.05) is 0 Å². The van der Waals surface area contributed by atoms with Gasteiger partial charge in [-0.15, -0.1) is 0 Å². The van der Waals surface area contributed by atoms with Gasteiger partial charge in [0.1, 0.15) is 0 Å². The van der Waals surface area contributed by atoms with E-state index in [1.165, 1.54) is 0 Å². The van der Waals surface area contributed by atoms with E-state index in [4.69, 9.17) is 22.2 Å². The summed E-state index contributed by atoms with van der Waals surface area (Å²) in [5, 5.41) is 4.44. The minimum Gasteiger partial charge on any atom is -0.383 e. The standard InChI is InChI=1S/C22H16N6OS/c29-21-19-20(27-22(30)28-21)26-18(14-10-24-16-8-4-2-6-12(14)16)17(25-19)13-9-23-15-7-3-1-5-11(13)15/h1-10,12,16,23-24H,(H2,26,27,28,29,30). The molecule has 8 heteroatoms. The molecule has 0 fully saturated rings. The van der Waals surface area contributed by atoms with Crippen LogP contribution in [0.4, 0.5) is 0 Å². The summed E-state index contributed by atoms with van der Waals surface area (Å²) in [5.41, 5.74) is 4.56. The predicted octanol–water partition coefficient (Wildman–Crippen LogP) is 3.58. The van der Waals surface area contributed by atoms with E-state index in [2.05, 4.69) is 32.4 Å². The lowest BCUT2D eigenvalue weighted by atomic mass is 9.88. The molecule has 6 rings (SSSR count). The molecular weight excluding hydrogens is 396 g/mol. The Bertz CT molecular complexity index is 1540. The first kappa shape index (κ1) is 17.1. The van der Waals surface area contributed by atoms with Crippen LogP contribution in [0.5, 0.6) is 0 Å². The predicted molar refractivity (Wildman–Crippen MR) is 119 cm³/mol. The van der Waals surface area contributed by atoms with E-state index >= 15 is 0 Å². The number of para-hydroxylation sites is 1. The molecule has 1 aliphatic heterocycles. The smallest absolute Gasteiger partial charge is 0.279 e. The number of allylic oxidation sites excluding steroid dienone is 2. The van der Waals surface area contributed by atoms with Gasteiger partial charge in [-0.25, -0.2) is 9.97 Å². The zero-order chi connectivity index (χ0) is 20.2. The van der Waals surface area contributed by atoms with Crippen molar-refractivity contribution in [2.45, 2.75) is 6.04 Å². The Morgan fingerprint density at radius 3 is 2.80 bits per heavy atom. The van der Waals surface area contributed by atoms with Gasteiger partial charge < -0.3 is 15.3 Å². The molecule has 4 heterocycles. The summed E-state index contributed by atoms with van der Waals surface area (Å²) in [6.45, 7) is 0. The second kappa shape index (κ2) is 6.36. The van der Waals surface area contributed by atoms with E-state index in [1.807, 2.05) is 48.8 Å². The Balaban J connectivity index is 1.67. The highest BCUT2D eigenvalue weighted by molar-refractivity contribution is 7.71. The van der Waals surface area contributed by atoms with Crippen molar-refractivity contribution in [3.8, 4) is 11.3 Å². The summed E-state index contributed by atoms with van der Waals surface area (Å²) in [4.78, 5) is 31.0. The van der Waals surface area contributed by atoms with Crippen LogP contribution in [-0.4, -0.2) is 31.0 Å². The van der Waals surface area contributed by atoms with Crippen molar-refractivity contribution in [1.29, 1.82) is 0 Å². The van der Waals surface area contributed by atoms with Crippen molar-refractivity contribution in [1.82, 2.24) is 30.2 Å². The monoisotopic (exact) mass is 412 g/mol. The van der Waals surface area contributed by atoms with Crippen molar-refractivity contribution >= 4 is 39.9 Å². The van der Waals surface area contributed by atoms with Crippen LogP contribution in [0.25, 0.3) is 38.9 Å². The van der Waals surface area contributed by atoms with Gasteiger partial charge in [-0.1, -0.05) is 42.5 Å². The minimum absolute atomic E-state index is 0.135. The Labute approximate surface area is 175 Å². The van der Waals surface area contributed by atoms with Crippen molar-refractivity contribution in [3.63, 3.8) is 0 Å². The number of H-pyrrole nitrogens is 3. The SMILES string of the molecule is O=c1[nH]c(=S)[nH]c2nc(C3=CNC4C=CC=CC34)c(-c3c[nH]c4ccccc34)nc12. The molecule has 1 aromatic carbocycles. The van der Waals surface area contributed by atoms with Gasteiger partial charge >= 0.3 is 0 Å². The van der Waals surface area contributed by atoms with Crippen molar-refractivity contribution in [2.24, 2.45) is 5.92 Å². The molecule has 0 bridgehead atoms. The lowest BCUT2D eigenvalue weighted by Crippen LogP contribution is -2.25. The first-order valence-electron chi connectivity index (χ1n) is 9.61. The fourth-order valence-corrected chi connectivity index (χ4v) is 4.40. The number of benzene rings is 1. The zero-order valence-corrected chi connectivity index (χ0v) is 16.5. The highest BCUT2D eigenvalue weighted by atomic mass is 32.1. The lowest BCUT2D eigenvalue weighted by Gasteiger charge is -2.19. The third-order valence-corrected chi connectivity index (χ3v) is 5.82. The number of aromatic amines is 3. The van der Waals surface area contributed by atoms with Gasteiger partial charge in [0, 0.05) is 40.4 Å². The summed E-state index contributed by atoms with van der Waals surface area (Å²) >= 11 is 5.14. The van der Waals surface area contributed by atoms with Crippen LogP contribution in [-0.2, 0) is 0 Å². The summed E-state index contributed by atoms with van der Waals surface area (Å²) < 4.78 is 0.226. The molecule has 2 unspecified atom stereocenters. The van der Waals surface area contributed by atoms with E-state index in [0.29, 0.717) is 11.3 Å². The summed E-state index contributed by atoms with van der Waals surface area (Å²) in [6.07, 6.45) is 12.3. The van der Waals surface area contributed by atoms with Gasteiger partial charge in [0.05, 0.1) is 17.4 Å². The highest BCUT2D eigenvalue weighted by Crippen LogP contribution is 2.39. The van der Waals surface area contributed by atoms with Gasteiger partial charge in [0.15, 0.2) is 15.9 Å². The van der Waals surface area contributed by atoms with Gasteiger partial charge in [-0.3, -0.25) is 9.78 Å². The average molecular weight is 412 g/mol. The van der Waals surface area contributed by atoms with E-state index in [0.717, 1.165) is 27.7 Å². The van der Waals surface area contributed by atoms with Crippen molar-refractivity contribution < 1.29 is 0 Å². The third kappa shape index (κ3) is 2.50. The maximum Gasteiger partial charge on any atom is 0.279 e. The maximum absolute atomic E-state index is 12.5. The lowest BCUT2D eigenvalue weighted by molar-refractivity contribution is 0.656. The Morgan fingerprint density at radius 1 is 1.00 bits per heavy atom. The van der Waals surface area contributed by atoms with E-state index in [-0.39, 0.29) is 27.8 Å². The molecule has 4 aromatic rings. The van der Waals surface area contributed by atoms with E-state index in [1.54, 1.807) is 0 Å². The third-order valence-electron chi connectivity index (χ3n) is 5.61. The largest absolute Gasteiger partial charge is 0.383 e. The number of aromatic nitrogens is 5. The Kier molecular flexibility index (Phi) is 3.63. The van der Waals surface area contributed by atoms with Crippen LogP contribution in [0, 0.1) is 10.7 Å². The van der Waals surface area contributed by atoms with Crippen LogP contribution in [0.15, 0.2) is 65.8 Å². The van der Waals surface area contributed by atoms with Gasteiger partial charge in [-0.05, 0) is 18.3 Å². The molecule has 2 aliphatic rings. The first-order valence-corrected chi connectivity index (χ1v) is 10.0. The number of hydrogen-bond acceptors (Lipinski definition) is 5. The van der Waals surface area contributed by atoms with Gasteiger partial charge in [-0.2, -0.15) is 0 Å². The van der Waals surface area contributed by atoms with Crippen molar-refractivity contribution in [3.05, 3.63) is 81.8 Å². The van der Waals surface area contributed by atoms with Crippen LogP contribution >= 0.6 is 12.2 Å². The van der Waals surface area contributed by atoms with Gasteiger partial charge in [0.2, 0.25) is 0 Å². The topological polar surface area (TPSA) is 102 Å². The molecule has 0 saturated heterocycles. The molecule has 146 valence electrons. The second-order valence-corrected chi connectivity index (χ2v) is 7.77. The minimum atomic E-state index is -0.356. The zero-order valence-electron chi connectivity index (χ0n) is 15.6. The molecular formula is C22H16N6OS. The number of nitrogens with one attached hydrogen (secondary N) is 4. The quantitative estimate of drug-likeness (QED) is 0.377. The van der Waals surface area contributed by atoms with Crippen LogP contribution in [0.1, 0.15) is 5.69 Å². The fourth-order valence-electron chi connectivity index (χ4n) is 4.21. The molecule has 0 saturated carbocycles. The van der Waals surface area contributed by atoms with E-state index in [9.17, 15) is 4.79 Å². The molecule has 4 N–H and O–H groups in total. The molecule has 2 atom stereocenters. The average Bonchev–Trinajstić information content (AvgIpc) is 3.37.